The van der Waals surface area contributed by atoms with Gasteiger partial charge >= 0.3 is 0 Å². The van der Waals surface area contributed by atoms with Gasteiger partial charge in [-0.1, -0.05) is 49.7 Å². The van der Waals surface area contributed by atoms with E-state index in [1.165, 1.54) is 5.56 Å². The van der Waals surface area contributed by atoms with Crippen molar-refractivity contribution >= 4 is 34.3 Å². The molecular weight excluding hydrogens is 436 g/mol. The van der Waals surface area contributed by atoms with Crippen LogP contribution in [0, 0.1) is 13.8 Å². The zero-order chi connectivity index (χ0) is 23.5. The van der Waals surface area contributed by atoms with Gasteiger partial charge in [0.2, 0.25) is 0 Å². The van der Waals surface area contributed by atoms with Crippen molar-refractivity contribution in [2.24, 2.45) is 0 Å². The molecule has 4 aromatic rings. The number of aryl methyl sites for hydroxylation is 2. The number of carbonyl (C=O) groups is 1. The molecule has 33 heavy (non-hydrogen) atoms. The molecule has 0 bridgehead atoms. The van der Waals surface area contributed by atoms with Gasteiger partial charge in [0, 0.05) is 12.1 Å². The predicted molar refractivity (Wildman–Crippen MR) is 132 cm³/mol. The molecule has 0 fully saturated rings. The minimum atomic E-state index is -0.251. The van der Waals surface area contributed by atoms with Gasteiger partial charge in [-0.25, -0.2) is 4.98 Å². The van der Waals surface area contributed by atoms with Crippen LogP contribution >= 0.6 is 11.6 Å². The van der Waals surface area contributed by atoms with E-state index in [2.05, 4.69) is 36.3 Å². The lowest BCUT2D eigenvalue weighted by Crippen LogP contribution is -2.20. The molecule has 0 saturated heterocycles. The van der Waals surface area contributed by atoms with E-state index in [9.17, 15) is 4.79 Å². The lowest BCUT2D eigenvalue weighted by Gasteiger charge is -2.12. The number of amides is 1. The van der Waals surface area contributed by atoms with Crippen LogP contribution in [0.4, 0.5) is 5.69 Å². The van der Waals surface area contributed by atoms with E-state index in [0.29, 0.717) is 34.7 Å². The molecule has 1 amide bonds. The molecule has 0 atom stereocenters. The largest absolute Gasteiger partial charge is 0.482 e. The van der Waals surface area contributed by atoms with Crippen molar-refractivity contribution in [3.63, 3.8) is 0 Å². The highest BCUT2D eigenvalue weighted by Gasteiger charge is 2.11. The van der Waals surface area contributed by atoms with Crippen molar-refractivity contribution in [3.05, 3.63) is 87.8 Å². The Labute approximate surface area is 198 Å². The molecule has 0 aliphatic heterocycles. The highest BCUT2D eigenvalue weighted by Crippen LogP contribution is 2.29. The Balaban J connectivity index is 1.35. The van der Waals surface area contributed by atoms with Gasteiger partial charge in [0.15, 0.2) is 18.1 Å². The van der Waals surface area contributed by atoms with Crippen LogP contribution in [-0.4, -0.2) is 17.5 Å². The summed E-state index contributed by atoms with van der Waals surface area (Å²) in [7, 11) is 0. The molecule has 0 spiro atoms. The number of oxazole rings is 1. The molecule has 3 aromatic carbocycles. The SMILES string of the molecule is Cc1cc(C)c(OCC(=O)Nc2ccc(Cc3nc4cc(C(C)C)ccc4o3)cc2)c(Cl)c1. The van der Waals surface area contributed by atoms with E-state index in [4.69, 9.17) is 20.8 Å². The molecule has 0 saturated carbocycles. The molecule has 1 N–H and O–H groups in total. The van der Waals surface area contributed by atoms with Crippen LogP contribution in [0.2, 0.25) is 5.02 Å². The van der Waals surface area contributed by atoms with Crippen LogP contribution in [-0.2, 0) is 11.2 Å². The third-order valence-corrected chi connectivity index (χ3v) is 5.72. The monoisotopic (exact) mass is 462 g/mol. The molecule has 0 aliphatic rings. The molecule has 6 heteroatoms. The van der Waals surface area contributed by atoms with E-state index < -0.39 is 0 Å². The van der Waals surface area contributed by atoms with Crippen molar-refractivity contribution in [1.29, 1.82) is 0 Å². The van der Waals surface area contributed by atoms with E-state index >= 15 is 0 Å². The minimum absolute atomic E-state index is 0.118. The van der Waals surface area contributed by atoms with Crippen LogP contribution in [0.5, 0.6) is 5.75 Å². The van der Waals surface area contributed by atoms with Gasteiger partial charge in [-0.2, -0.15) is 0 Å². The minimum Gasteiger partial charge on any atom is -0.482 e. The van der Waals surface area contributed by atoms with Crippen molar-refractivity contribution in [3.8, 4) is 5.75 Å². The normalized spacial score (nSPS) is 11.2. The fourth-order valence-corrected chi connectivity index (χ4v) is 4.10. The smallest absolute Gasteiger partial charge is 0.262 e. The van der Waals surface area contributed by atoms with Crippen LogP contribution in [0.15, 0.2) is 59.0 Å². The Morgan fingerprint density at radius 2 is 1.85 bits per heavy atom. The molecule has 4 rings (SSSR count). The zero-order valence-corrected chi connectivity index (χ0v) is 20.0. The second-order valence-corrected chi connectivity index (χ2v) is 9.00. The maximum atomic E-state index is 12.3. The lowest BCUT2D eigenvalue weighted by atomic mass is 10.0. The van der Waals surface area contributed by atoms with Gasteiger partial charge in [0.25, 0.3) is 5.91 Å². The summed E-state index contributed by atoms with van der Waals surface area (Å²) in [6.45, 7) is 8.07. The van der Waals surface area contributed by atoms with Gasteiger partial charge in [0.1, 0.15) is 11.3 Å². The summed E-state index contributed by atoms with van der Waals surface area (Å²) in [6, 6.07) is 17.5. The van der Waals surface area contributed by atoms with Crippen molar-refractivity contribution in [2.75, 3.05) is 11.9 Å². The van der Waals surface area contributed by atoms with Gasteiger partial charge in [-0.15, -0.1) is 0 Å². The molecule has 0 aliphatic carbocycles. The molecular formula is C27H27ClN2O3. The summed E-state index contributed by atoms with van der Waals surface area (Å²) in [6.07, 6.45) is 0.578. The molecule has 0 unspecified atom stereocenters. The second-order valence-electron chi connectivity index (χ2n) is 8.59. The first kappa shape index (κ1) is 22.9. The van der Waals surface area contributed by atoms with Gasteiger partial charge < -0.3 is 14.5 Å². The van der Waals surface area contributed by atoms with E-state index in [-0.39, 0.29) is 12.5 Å². The highest BCUT2D eigenvalue weighted by molar-refractivity contribution is 6.32. The summed E-state index contributed by atoms with van der Waals surface area (Å²) in [5.74, 6) is 1.40. The highest BCUT2D eigenvalue weighted by atomic mass is 35.5. The third-order valence-electron chi connectivity index (χ3n) is 5.44. The lowest BCUT2D eigenvalue weighted by molar-refractivity contribution is -0.118. The van der Waals surface area contributed by atoms with Crippen molar-refractivity contribution in [1.82, 2.24) is 4.98 Å². The molecule has 1 heterocycles. The van der Waals surface area contributed by atoms with Gasteiger partial charge in [-0.05, 0) is 72.4 Å². The number of aromatic nitrogens is 1. The number of hydrogen-bond donors (Lipinski definition) is 1. The molecule has 1 aromatic heterocycles. The van der Waals surface area contributed by atoms with Crippen molar-refractivity contribution < 1.29 is 13.9 Å². The Bertz CT molecular complexity index is 1270. The Hall–Kier alpha value is -3.31. The van der Waals surface area contributed by atoms with Gasteiger partial charge in [0.05, 0.1) is 5.02 Å². The molecule has 5 nitrogen and oxygen atoms in total. The van der Waals surface area contributed by atoms with Crippen LogP contribution in [0.25, 0.3) is 11.1 Å². The number of nitrogens with one attached hydrogen (secondary N) is 1. The summed E-state index contributed by atoms with van der Waals surface area (Å²) in [5.41, 5.74) is 6.60. The quantitative estimate of drug-likeness (QED) is 0.327. The maximum Gasteiger partial charge on any atom is 0.262 e. The topological polar surface area (TPSA) is 64.4 Å². The fourth-order valence-electron chi connectivity index (χ4n) is 3.73. The molecule has 170 valence electrons. The number of hydrogen-bond acceptors (Lipinski definition) is 4. The predicted octanol–water partition coefficient (Wildman–Crippen LogP) is 6.83. The van der Waals surface area contributed by atoms with E-state index in [1.54, 1.807) is 0 Å². The van der Waals surface area contributed by atoms with Crippen LogP contribution in [0.3, 0.4) is 0 Å². The summed E-state index contributed by atoms with van der Waals surface area (Å²) < 4.78 is 11.5. The average Bonchev–Trinajstić information content (AvgIpc) is 3.15. The van der Waals surface area contributed by atoms with Crippen molar-refractivity contribution in [2.45, 2.75) is 40.0 Å². The number of rotatable bonds is 7. The summed E-state index contributed by atoms with van der Waals surface area (Å²) in [4.78, 5) is 17.0. The number of carbonyl (C=O) groups excluding carboxylic acids is 1. The standard InChI is InChI=1S/C27H27ClN2O3/c1-16(2)20-7-10-24-23(14-20)30-26(33-24)13-19-5-8-21(9-6-19)29-25(31)15-32-27-18(4)11-17(3)12-22(27)28/h5-12,14,16H,13,15H2,1-4H3,(H,29,31). The first-order chi connectivity index (χ1) is 15.8. The Morgan fingerprint density at radius 3 is 2.55 bits per heavy atom. The van der Waals surface area contributed by atoms with E-state index in [1.807, 2.05) is 56.3 Å². The zero-order valence-electron chi connectivity index (χ0n) is 19.2. The number of nitrogens with zero attached hydrogens (tertiary/aromatic N) is 1. The summed E-state index contributed by atoms with van der Waals surface area (Å²) >= 11 is 6.24. The van der Waals surface area contributed by atoms with Crippen LogP contribution < -0.4 is 10.1 Å². The number of ether oxygens (including phenoxy) is 1. The number of anilines is 1. The Morgan fingerprint density at radius 1 is 1.09 bits per heavy atom. The number of fused-ring (bicyclic) bond motifs is 1. The fraction of sp³-hybridized carbons (Fsp3) is 0.259. The van der Waals surface area contributed by atoms with E-state index in [0.717, 1.165) is 27.8 Å². The third kappa shape index (κ3) is 5.55. The first-order valence-corrected chi connectivity index (χ1v) is 11.3. The van der Waals surface area contributed by atoms with Gasteiger partial charge in [-0.3, -0.25) is 4.79 Å². The summed E-state index contributed by atoms with van der Waals surface area (Å²) in [5, 5.41) is 3.35. The number of benzene rings is 3. The number of halogens is 1. The second kappa shape index (κ2) is 9.67. The first-order valence-electron chi connectivity index (χ1n) is 11.0. The molecule has 0 radical (unpaired) electrons. The van der Waals surface area contributed by atoms with Crippen LogP contribution in [0.1, 0.15) is 47.9 Å². The average molecular weight is 463 g/mol. The maximum absolute atomic E-state index is 12.3. The Kier molecular flexibility index (Phi) is 6.70.